The van der Waals surface area contributed by atoms with Gasteiger partial charge in [-0.1, -0.05) is 42.1 Å². The average Bonchev–Trinajstić information content (AvgIpc) is 3.14. The molecule has 7 heteroatoms. The summed E-state index contributed by atoms with van der Waals surface area (Å²) in [6, 6.07) is 12.2. The van der Waals surface area contributed by atoms with Crippen molar-refractivity contribution in [2.75, 3.05) is 11.9 Å². The first kappa shape index (κ1) is 15.2. The molecule has 128 valence electrons. The molecule has 0 spiro atoms. The fourth-order valence-corrected chi connectivity index (χ4v) is 4.30. The van der Waals surface area contributed by atoms with Gasteiger partial charge in [0.15, 0.2) is 11.8 Å². The molecule has 2 aliphatic heterocycles. The Bertz CT molecular complexity index is 1030. The lowest BCUT2D eigenvalue weighted by atomic mass is 9.99. The van der Waals surface area contributed by atoms with E-state index >= 15 is 0 Å². The smallest absolute Gasteiger partial charge is 0.262 e. The molecule has 0 bridgehead atoms. The first-order chi connectivity index (χ1) is 12.8. The number of carbonyl (C=O) groups is 1. The van der Waals surface area contributed by atoms with Gasteiger partial charge >= 0.3 is 0 Å². The summed E-state index contributed by atoms with van der Waals surface area (Å²) >= 11 is 1.69. The monoisotopic (exact) mass is 362 g/mol. The summed E-state index contributed by atoms with van der Waals surface area (Å²) < 4.78 is 7.38. The van der Waals surface area contributed by atoms with Gasteiger partial charge in [-0.2, -0.15) is 0 Å². The molecule has 1 atom stereocenters. The van der Waals surface area contributed by atoms with E-state index in [1.165, 1.54) is 5.56 Å². The fourth-order valence-electron chi connectivity index (χ4n) is 3.11. The highest BCUT2D eigenvalue weighted by Crippen LogP contribution is 2.48. The van der Waals surface area contributed by atoms with Gasteiger partial charge in [-0.05, 0) is 17.2 Å². The van der Waals surface area contributed by atoms with Crippen LogP contribution in [0.4, 0.5) is 5.69 Å². The van der Waals surface area contributed by atoms with Crippen LogP contribution in [0, 0.1) is 0 Å². The highest BCUT2D eigenvalue weighted by Gasteiger charge is 2.27. The number of carbonyl (C=O) groups excluding carboxylic acids is 1. The molecule has 26 heavy (non-hydrogen) atoms. The summed E-state index contributed by atoms with van der Waals surface area (Å²) in [6.45, 7) is 0.00291. The lowest BCUT2D eigenvalue weighted by molar-refractivity contribution is -0.118. The van der Waals surface area contributed by atoms with Crippen molar-refractivity contribution < 1.29 is 9.53 Å². The van der Waals surface area contributed by atoms with Crippen molar-refractivity contribution in [3.63, 3.8) is 0 Å². The molecule has 0 radical (unpaired) electrons. The Labute approximate surface area is 153 Å². The van der Waals surface area contributed by atoms with Crippen LogP contribution < -0.4 is 10.1 Å². The van der Waals surface area contributed by atoms with Crippen LogP contribution in [0.3, 0.4) is 0 Å². The van der Waals surface area contributed by atoms with Crippen molar-refractivity contribution in [2.24, 2.45) is 0 Å². The summed E-state index contributed by atoms with van der Waals surface area (Å²) in [5.74, 6) is 0.289. The molecule has 2 aliphatic rings. The molecule has 1 N–H and O–H groups in total. The van der Waals surface area contributed by atoms with Gasteiger partial charge in [-0.25, -0.2) is 9.97 Å². The zero-order valence-electron chi connectivity index (χ0n) is 13.6. The summed E-state index contributed by atoms with van der Waals surface area (Å²) in [5.41, 5.74) is 3.83. The van der Waals surface area contributed by atoms with E-state index in [1.807, 2.05) is 35.0 Å². The van der Waals surface area contributed by atoms with Gasteiger partial charge in [0.2, 0.25) is 5.88 Å². The molecule has 2 aromatic heterocycles. The number of nitrogens with zero attached hydrogens (tertiary/aromatic N) is 3. The number of fused-ring (bicyclic) bond motifs is 2. The van der Waals surface area contributed by atoms with E-state index in [0.717, 1.165) is 16.3 Å². The van der Waals surface area contributed by atoms with E-state index in [0.29, 0.717) is 11.6 Å². The van der Waals surface area contributed by atoms with Crippen LogP contribution in [0.2, 0.25) is 0 Å². The highest BCUT2D eigenvalue weighted by molar-refractivity contribution is 7.99. The van der Waals surface area contributed by atoms with Crippen LogP contribution in [0.1, 0.15) is 16.4 Å². The second-order valence-corrected chi connectivity index (χ2v) is 7.10. The number of nitrogens with one attached hydrogen (secondary N) is 1. The number of thioether (sulfide) groups is 1. The van der Waals surface area contributed by atoms with Crippen LogP contribution in [0.5, 0.6) is 5.88 Å². The predicted molar refractivity (Wildman–Crippen MR) is 99.8 cm³/mol. The maximum atomic E-state index is 11.6. The number of hydrogen-bond acceptors (Lipinski definition) is 5. The summed E-state index contributed by atoms with van der Waals surface area (Å²) in [4.78, 5) is 20.5. The average molecular weight is 362 g/mol. The SMILES string of the molecule is O=C1COc2ncc(C3=Cn4ccnc4SC3c3ccccc3)cc2N1. The van der Waals surface area contributed by atoms with E-state index < -0.39 is 0 Å². The molecule has 0 saturated heterocycles. The molecule has 0 saturated carbocycles. The number of pyridine rings is 1. The Kier molecular flexibility index (Phi) is 3.53. The molecule has 3 aromatic rings. The predicted octanol–water partition coefficient (Wildman–Crippen LogP) is 3.45. The second-order valence-electron chi connectivity index (χ2n) is 6.02. The number of imidazole rings is 1. The van der Waals surface area contributed by atoms with Crippen LogP contribution in [-0.2, 0) is 4.79 Å². The highest BCUT2D eigenvalue weighted by atomic mass is 32.2. The van der Waals surface area contributed by atoms with E-state index in [2.05, 4.69) is 33.6 Å². The second kappa shape index (κ2) is 6.03. The third-order valence-corrected chi connectivity index (χ3v) is 5.61. The van der Waals surface area contributed by atoms with Crippen LogP contribution >= 0.6 is 11.8 Å². The van der Waals surface area contributed by atoms with Crippen molar-refractivity contribution in [3.05, 3.63) is 66.1 Å². The molecular weight excluding hydrogens is 348 g/mol. The van der Waals surface area contributed by atoms with Crippen LogP contribution in [0.15, 0.2) is 60.1 Å². The normalized spacial score (nSPS) is 18.2. The number of ether oxygens (including phenoxy) is 1. The van der Waals surface area contributed by atoms with Gasteiger partial charge in [-0.3, -0.25) is 4.79 Å². The molecule has 0 fully saturated rings. The topological polar surface area (TPSA) is 69.0 Å². The van der Waals surface area contributed by atoms with Gasteiger partial charge < -0.3 is 14.6 Å². The standard InChI is InChI=1S/C19H14N4O2S/c24-16-11-25-18-15(22-16)8-13(9-21-18)14-10-23-7-6-20-19(23)26-17(14)12-4-2-1-3-5-12/h1-10,17H,11H2,(H,22,24). The van der Waals surface area contributed by atoms with Crippen molar-refractivity contribution in [3.8, 4) is 5.88 Å². The maximum absolute atomic E-state index is 11.6. The van der Waals surface area contributed by atoms with Gasteiger partial charge in [0.25, 0.3) is 5.91 Å². The quantitative estimate of drug-likeness (QED) is 0.756. The Hall–Kier alpha value is -3.06. The number of amides is 1. The zero-order valence-corrected chi connectivity index (χ0v) is 14.4. The molecular formula is C19H14N4O2S. The molecule has 6 nitrogen and oxygen atoms in total. The van der Waals surface area contributed by atoms with Crippen molar-refractivity contribution >= 4 is 35.1 Å². The Morgan fingerprint density at radius 1 is 1.23 bits per heavy atom. The summed E-state index contributed by atoms with van der Waals surface area (Å²) in [6.07, 6.45) is 7.59. The Morgan fingerprint density at radius 3 is 3.00 bits per heavy atom. The van der Waals surface area contributed by atoms with Gasteiger partial charge in [0.1, 0.15) is 5.69 Å². The van der Waals surface area contributed by atoms with E-state index in [4.69, 9.17) is 4.74 Å². The minimum Gasteiger partial charge on any atom is -0.466 e. The molecule has 0 aliphatic carbocycles. The maximum Gasteiger partial charge on any atom is 0.262 e. The van der Waals surface area contributed by atoms with Crippen molar-refractivity contribution in [2.45, 2.75) is 10.4 Å². The van der Waals surface area contributed by atoms with Crippen LogP contribution in [-0.4, -0.2) is 27.0 Å². The molecule has 4 heterocycles. The van der Waals surface area contributed by atoms with E-state index in [1.54, 1.807) is 24.2 Å². The first-order valence-corrected chi connectivity index (χ1v) is 9.05. The number of hydrogen-bond donors (Lipinski definition) is 1. The fraction of sp³-hybridized carbons (Fsp3) is 0.105. The molecule has 1 aromatic carbocycles. The number of aromatic nitrogens is 3. The summed E-state index contributed by atoms with van der Waals surface area (Å²) in [7, 11) is 0. The molecule has 5 rings (SSSR count). The van der Waals surface area contributed by atoms with Gasteiger partial charge in [-0.15, -0.1) is 0 Å². The minimum absolute atomic E-state index is 0.00291. The number of anilines is 1. The minimum atomic E-state index is -0.167. The molecule has 1 unspecified atom stereocenters. The lowest BCUT2D eigenvalue weighted by Gasteiger charge is -2.26. The van der Waals surface area contributed by atoms with E-state index in [-0.39, 0.29) is 17.8 Å². The van der Waals surface area contributed by atoms with Gasteiger partial charge in [0, 0.05) is 30.4 Å². The third-order valence-electron chi connectivity index (χ3n) is 4.32. The first-order valence-electron chi connectivity index (χ1n) is 8.17. The Morgan fingerprint density at radius 2 is 2.12 bits per heavy atom. The van der Waals surface area contributed by atoms with Gasteiger partial charge in [0.05, 0.1) is 5.25 Å². The van der Waals surface area contributed by atoms with E-state index in [9.17, 15) is 4.79 Å². The Balaban J connectivity index is 1.63. The van der Waals surface area contributed by atoms with Crippen LogP contribution in [0.25, 0.3) is 11.8 Å². The number of benzene rings is 1. The zero-order chi connectivity index (χ0) is 17.5. The third kappa shape index (κ3) is 2.57. The summed E-state index contributed by atoms with van der Waals surface area (Å²) in [5, 5.41) is 3.87. The molecule has 1 amide bonds. The van der Waals surface area contributed by atoms with Crippen molar-refractivity contribution in [1.29, 1.82) is 0 Å². The lowest BCUT2D eigenvalue weighted by Crippen LogP contribution is -2.26. The largest absolute Gasteiger partial charge is 0.466 e. The van der Waals surface area contributed by atoms with Crippen molar-refractivity contribution in [1.82, 2.24) is 14.5 Å². The number of rotatable bonds is 2.